The highest BCUT2D eigenvalue weighted by Gasteiger charge is 2.26. The third kappa shape index (κ3) is 3.40. The van der Waals surface area contributed by atoms with E-state index in [0.717, 1.165) is 29.7 Å². The number of sulfonamides is 1. The Balaban J connectivity index is 2.38. The van der Waals surface area contributed by atoms with Gasteiger partial charge in [0.25, 0.3) is 10.0 Å². The predicted octanol–water partition coefficient (Wildman–Crippen LogP) is 2.59. The fourth-order valence-corrected chi connectivity index (χ4v) is 4.11. The number of hydrogen-bond acceptors (Lipinski definition) is 5. The lowest BCUT2D eigenvalue weighted by molar-refractivity contribution is 0.0687. The Kier molecular flexibility index (Phi) is 4.59. The van der Waals surface area contributed by atoms with Crippen LogP contribution in [0.2, 0.25) is 0 Å². The van der Waals surface area contributed by atoms with E-state index in [0.29, 0.717) is 5.69 Å². The lowest BCUT2D eigenvalue weighted by Gasteiger charge is -2.11. The van der Waals surface area contributed by atoms with Gasteiger partial charge in [0.15, 0.2) is 9.90 Å². The molecule has 2 N–H and O–H groups in total. The summed E-state index contributed by atoms with van der Waals surface area (Å²) in [6.45, 7) is 2.00. The largest absolute Gasteiger partial charge is 0.476 e. The summed E-state index contributed by atoms with van der Waals surface area (Å²) >= 11 is 0.781. The molecule has 0 aliphatic rings. The van der Waals surface area contributed by atoms with E-state index in [2.05, 4.69) is 9.71 Å². The highest BCUT2D eigenvalue weighted by Crippen LogP contribution is 2.25. The van der Waals surface area contributed by atoms with Gasteiger partial charge in [-0.2, -0.15) is 0 Å². The topological polar surface area (TPSA) is 96.4 Å². The number of carboxylic acids is 1. The molecular formula is C13H14N2O4S2. The first kappa shape index (κ1) is 15.5. The fraction of sp³-hybridized carbons (Fsp3) is 0.231. The molecule has 0 atom stereocenters. The van der Waals surface area contributed by atoms with E-state index < -0.39 is 21.7 Å². The van der Waals surface area contributed by atoms with Crippen LogP contribution in [0.15, 0.2) is 34.0 Å². The van der Waals surface area contributed by atoms with Gasteiger partial charge in [0.1, 0.15) is 0 Å². The SMILES string of the molecule is CCCc1ccccc1NS(=O)(=O)c1scnc1C(=O)O. The molecule has 8 heteroatoms. The monoisotopic (exact) mass is 326 g/mol. The predicted molar refractivity (Wildman–Crippen MR) is 80.3 cm³/mol. The van der Waals surface area contributed by atoms with Gasteiger partial charge in [0, 0.05) is 0 Å². The minimum atomic E-state index is -3.96. The summed E-state index contributed by atoms with van der Waals surface area (Å²) in [5.41, 5.74) is 2.07. The van der Waals surface area contributed by atoms with Crippen LogP contribution in [0.3, 0.4) is 0 Å². The minimum Gasteiger partial charge on any atom is -0.476 e. The average molecular weight is 326 g/mol. The van der Waals surface area contributed by atoms with Gasteiger partial charge in [0.05, 0.1) is 11.2 Å². The van der Waals surface area contributed by atoms with Crippen LogP contribution in [0.1, 0.15) is 29.4 Å². The highest BCUT2D eigenvalue weighted by atomic mass is 32.2. The highest BCUT2D eigenvalue weighted by molar-refractivity contribution is 7.94. The fourth-order valence-electron chi connectivity index (χ4n) is 1.87. The summed E-state index contributed by atoms with van der Waals surface area (Å²) < 4.78 is 26.8. The molecule has 0 radical (unpaired) electrons. The summed E-state index contributed by atoms with van der Waals surface area (Å²) in [6, 6.07) is 7.05. The number of thiazole rings is 1. The second-order valence-electron chi connectivity index (χ2n) is 4.31. The molecule has 0 aliphatic carbocycles. The zero-order valence-corrected chi connectivity index (χ0v) is 12.9. The number of hydrogen-bond donors (Lipinski definition) is 2. The van der Waals surface area contributed by atoms with Crippen molar-refractivity contribution in [3.8, 4) is 0 Å². The molecule has 0 bridgehead atoms. The van der Waals surface area contributed by atoms with E-state index in [1.807, 2.05) is 19.1 Å². The lowest BCUT2D eigenvalue weighted by Crippen LogP contribution is -2.16. The average Bonchev–Trinajstić information content (AvgIpc) is 2.91. The van der Waals surface area contributed by atoms with Crippen LogP contribution in [0.4, 0.5) is 5.69 Å². The van der Waals surface area contributed by atoms with Gasteiger partial charge in [-0.3, -0.25) is 4.72 Å². The first-order valence-corrected chi connectivity index (χ1v) is 8.59. The van der Waals surface area contributed by atoms with Crippen molar-refractivity contribution in [1.82, 2.24) is 4.98 Å². The Morgan fingerprint density at radius 2 is 2.10 bits per heavy atom. The Labute approximate surface area is 126 Å². The summed E-state index contributed by atoms with van der Waals surface area (Å²) in [5, 5.41) is 8.97. The molecule has 0 amide bonds. The number of para-hydroxylation sites is 1. The van der Waals surface area contributed by atoms with Gasteiger partial charge in [-0.1, -0.05) is 31.5 Å². The molecule has 0 saturated heterocycles. The van der Waals surface area contributed by atoms with Crippen molar-refractivity contribution in [2.24, 2.45) is 0 Å². The second-order valence-corrected chi connectivity index (χ2v) is 7.04. The maximum atomic E-state index is 12.3. The zero-order valence-electron chi connectivity index (χ0n) is 11.2. The van der Waals surface area contributed by atoms with Gasteiger partial charge >= 0.3 is 5.97 Å². The third-order valence-corrected chi connectivity index (χ3v) is 5.50. The number of carboxylic acid groups (broad SMARTS) is 1. The molecule has 2 aromatic rings. The van der Waals surface area contributed by atoms with Crippen LogP contribution in [-0.2, 0) is 16.4 Å². The maximum absolute atomic E-state index is 12.3. The molecule has 0 aliphatic heterocycles. The Morgan fingerprint density at radius 1 is 1.38 bits per heavy atom. The molecule has 1 aromatic heterocycles. The molecule has 1 heterocycles. The molecular weight excluding hydrogens is 312 g/mol. The molecule has 0 saturated carbocycles. The molecule has 2 rings (SSSR count). The number of nitrogens with one attached hydrogen (secondary N) is 1. The maximum Gasteiger partial charge on any atom is 0.356 e. The Bertz CT molecular complexity index is 753. The number of aromatic carboxylic acids is 1. The number of rotatable bonds is 6. The Morgan fingerprint density at radius 3 is 2.76 bits per heavy atom. The van der Waals surface area contributed by atoms with Gasteiger partial charge < -0.3 is 5.11 Å². The van der Waals surface area contributed by atoms with Crippen molar-refractivity contribution in [1.29, 1.82) is 0 Å². The molecule has 21 heavy (non-hydrogen) atoms. The number of carbonyl (C=O) groups is 1. The van der Waals surface area contributed by atoms with Crippen LogP contribution < -0.4 is 4.72 Å². The Hall–Kier alpha value is -1.93. The normalized spacial score (nSPS) is 11.3. The second kappa shape index (κ2) is 6.23. The number of aryl methyl sites for hydroxylation is 1. The van der Waals surface area contributed by atoms with Gasteiger partial charge in [-0.15, -0.1) is 11.3 Å². The van der Waals surface area contributed by atoms with E-state index in [4.69, 9.17) is 5.11 Å². The molecule has 112 valence electrons. The summed E-state index contributed by atoms with van der Waals surface area (Å²) in [4.78, 5) is 14.6. The van der Waals surface area contributed by atoms with E-state index in [9.17, 15) is 13.2 Å². The van der Waals surface area contributed by atoms with Gasteiger partial charge in [-0.05, 0) is 18.1 Å². The van der Waals surface area contributed by atoms with Crippen molar-refractivity contribution in [2.45, 2.75) is 24.0 Å². The minimum absolute atomic E-state index is 0.290. The van der Waals surface area contributed by atoms with Crippen LogP contribution in [-0.4, -0.2) is 24.5 Å². The van der Waals surface area contributed by atoms with Crippen molar-refractivity contribution in [3.05, 3.63) is 41.0 Å². The van der Waals surface area contributed by atoms with Gasteiger partial charge in [-0.25, -0.2) is 18.2 Å². The molecule has 0 unspecified atom stereocenters. The molecule has 1 aromatic carbocycles. The quantitative estimate of drug-likeness (QED) is 0.850. The van der Waals surface area contributed by atoms with Crippen LogP contribution in [0.5, 0.6) is 0 Å². The number of aromatic nitrogens is 1. The third-order valence-electron chi connectivity index (χ3n) is 2.76. The van der Waals surface area contributed by atoms with Crippen LogP contribution in [0.25, 0.3) is 0 Å². The van der Waals surface area contributed by atoms with E-state index in [1.165, 1.54) is 5.51 Å². The van der Waals surface area contributed by atoms with Crippen molar-refractivity contribution >= 4 is 33.0 Å². The number of nitrogens with zero attached hydrogens (tertiary/aromatic N) is 1. The van der Waals surface area contributed by atoms with E-state index in [1.54, 1.807) is 12.1 Å². The van der Waals surface area contributed by atoms with Crippen molar-refractivity contribution in [2.75, 3.05) is 4.72 Å². The zero-order chi connectivity index (χ0) is 15.5. The summed E-state index contributed by atoms with van der Waals surface area (Å²) in [7, 11) is -3.96. The van der Waals surface area contributed by atoms with Crippen LogP contribution >= 0.6 is 11.3 Å². The van der Waals surface area contributed by atoms with Crippen LogP contribution in [0, 0.1) is 0 Å². The first-order valence-electron chi connectivity index (χ1n) is 6.23. The standard InChI is InChI=1S/C13H14N2O4S2/c1-2-5-9-6-3-4-7-10(9)15-21(18,19)13-11(12(16)17)14-8-20-13/h3-4,6-8,15H,2,5H2,1H3,(H,16,17). The van der Waals surface area contributed by atoms with Crippen molar-refractivity contribution < 1.29 is 18.3 Å². The van der Waals surface area contributed by atoms with E-state index in [-0.39, 0.29) is 4.21 Å². The van der Waals surface area contributed by atoms with Gasteiger partial charge in [0.2, 0.25) is 0 Å². The smallest absolute Gasteiger partial charge is 0.356 e. The molecule has 0 spiro atoms. The number of benzene rings is 1. The molecule has 6 nitrogen and oxygen atoms in total. The van der Waals surface area contributed by atoms with Crippen molar-refractivity contribution in [3.63, 3.8) is 0 Å². The molecule has 0 fully saturated rings. The summed E-state index contributed by atoms with van der Waals surface area (Å²) in [5.74, 6) is -1.36. The summed E-state index contributed by atoms with van der Waals surface area (Å²) in [6.07, 6.45) is 1.60. The number of anilines is 1. The first-order chi connectivity index (χ1) is 9.95. The van der Waals surface area contributed by atoms with E-state index >= 15 is 0 Å². The lowest BCUT2D eigenvalue weighted by atomic mass is 10.1.